The number of likely N-dealkylation sites (N-methyl/N-ethyl adjacent to an activating group) is 3. The summed E-state index contributed by atoms with van der Waals surface area (Å²) in [4.78, 5) is 20.2. The minimum atomic E-state index is -0.0212. The van der Waals surface area contributed by atoms with Crippen molar-refractivity contribution < 1.29 is 51.2 Å². The fraction of sp³-hybridized carbons (Fsp3) is 0.914. The van der Waals surface area contributed by atoms with Crippen LogP contribution in [0.4, 0.5) is 0 Å². The molecule has 0 aromatic rings. The Kier molecular flexibility index (Phi) is 38.5. The second-order valence-corrected chi connectivity index (χ2v) is 15.2. The number of hydrogen-bond donors (Lipinski definition) is 0. The van der Waals surface area contributed by atoms with Crippen LogP contribution >= 0.6 is 0 Å². The first-order valence-electron chi connectivity index (χ1n) is 16.6. The second kappa shape index (κ2) is 30.7. The van der Waals surface area contributed by atoms with Crippen LogP contribution in [0.5, 0.6) is 0 Å². The molecule has 2 unspecified atom stereocenters. The molecule has 47 heavy (non-hydrogen) atoms. The fourth-order valence-electron chi connectivity index (χ4n) is 3.42. The van der Waals surface area contributed by atoms with Gasteiger partial charge in [-0.2, -0.15) is 0 Å². The predicted octanol–water partition coefficient (Wildman–Crippen LogP) is 8.36. The zero-order valence-corrected chi connectivity index (χ0v) is 36.9. The van der Waals surface area contributed by atoms with E-state index in [9.17, 15) is 0 Å². The Hall–Kier alpha value is -0.152. The SMILES string of the molecule is CCC(=NC(C)(C)C)[N-]C(C)CN(C)C.CCC(=NC(C)(C)C)[N-]CC(C)N(C)C.CCC(=NC(C)(C)C)[N-]CCN(C)C.[Cu+].[Cu+].[Cu+]. The van der Waals surface area contributed by atoms with Crippen molar-refractivity contribution in [2.75, 3.05) is 68.5 Å². The smallest absolute Gasteiger partial charge is 0.468 e. The normalized spacial score (nSPS) is 14.0. The van der Waals surface area contributed by atoms with E-state index in [-0.39, 0.29) is 67.8 Å². The van der Waals surface area contributed by atoms with Crippen molar-refractivity contribution in [2.45, 2.75) is 145 Å². The third kappa shape index (κ3) is 45.8. The van der Waals surface area contributed by atoms with Crippen molar-refractivity contribution in [3.63, 3.8) is 0 Å². The summed E-state index contributed by atoms with van der Waals surface area (Å²) in [5.74, 6) is 2.95. The van der Waals surface area contributed by atoms with E-state index in [1.165, 1.54) is 0 Å². The maximum atomic E-state index is 4.63. The third-order valence-electron chi connectivity index (χ3n) is 5.60. The Morgan fingerprint density at radius 1 is 0.574 bits per heavy atom. The maximum absolute atomic E-state index is 4.63. The quantitative estimate of drug-likeness (QED) is 0.113. The Balaban J connectivity index is -0.000000130. The molecule has 0 aliphatic heterocycles. The van der Waals surface area contributed by atoms with Gasteiger partial charge >= 0.3 is 51.2 Å². The van der Waals surface area contributed by atoms with Crippen molar-refractivity contribution >= 4 is 17.5 Å². The average Bonchev–Trinajstić information content (AvgIpc) is 2.82. The monoisotopic (exact) mass is 811 g/mol. The van der Waals surface area contributed by atoms with Crippen molar-refractivity contribution in [2.24, 2.45) is 15.0 Å². The van der Waals surface area contributed by atoms with E-state index in [4.69, 9.17) is 0 Å². The third-order valence-corrected chi connectivity index (χ3v) is 5.60. The Morgan fingerprint density at radius 2 is 0.936 bits per heavy atom. The van der Waals surface area contributed by atoms with E-state index >= 15 is 0 Å². The minimum absolute atomic E-state index is 0. The van der Waals surface area contributed by atoms with Crippen LogP contribution < -0.4 is 0 Å². The van der Waals surface area contributed by atoms with E-state index in [1.54, 1.807) is 0 Å². The summed E-state index contributed by atoms with van der Waals surface area (Å²) in [5, 5.41) is 13.7. The molecule has 0 fully saturated rings. The van der Waals surface area contributed by atoms with Gasteiger partial charge in [0.25, 0.3) is 0 Å². The van der Waals surface area contributed by atoms with Crippen LogP contribution in [-0.4, -0.2) is 129 Å². The summed E-state index contributed by atoms with van der Waals surface area (Å²) in [7, 11) is 12.4. The number of amidine groups is 3. The van der Waals surface area contributed by atoms with Gasteiger partial charge in [0.2, 0.25) is 0 Å². The van der Waals surface area contributed by atoms with Crippen LogP contribution in [0.1, 0.15) is 116 Å². The van der Waals surface area contributed by atoms with E-state index < -0.39 is 0 Å². The molecule has 0 rings (SSSR count). The van der Waals surface area contributed by atoms with Gasteiger partial charge in [-0.3, -0.25) is 0 Å². The number of hydrogen-bond acceptors (Lipinski definition) is 6. The molecule has 0 radical (unpaired) electrons. The first kappa shape index (κ1) is 59.0. The van der Waals surface area contributed by atoms with E-state index in [0.29, 0.717) is 12.1 Å². The Labute approximate surface area is 326 Å². The average molecular weight is 814 g/mol. The summed E-state index contributed by atoms with van der Waals surface area (Å²) in [5.41, 5.74) is -0.0458. The predicted molar refractivity (Wildman–Crippen MR) is 202 cm³/mol. The molecule has 2 atom stereocenters. The van der Waals surface area contributed by atoms with Gasteiger partial charge in [0.1, 0.15) is 0 Å². The molecule has 0 aliphatic carbocycles. The summed E-state index contributed by atoms with van der Waals surface area (Å²) in [6.45, 7) is 33.2. The van der Waals surface area contributed by atoms with Gasteiger partial charge in [0, 0.05) is 6.04 Å². The minimum Gasteiger partial charge on any atom is -0.468 e. The summed E-state index contributed by atoms with van der Waals surface area (Å²) in [6, 6.07) is 0.794. The summed E-state index contributed by atoms with van der Waals surface area (Å²) in [6.07, 6.45) is 2.75. The fourth-order valence-corrected chi connectivity index (χ4v) is 3.42. The van der Waals surface area contributed by atoms with Gasteiger partial charge in [-0.05, 0) is 117 Å². The van der Waals surface area contributed by atoms with Crippen LogP contribution in [0.2, 0.25) is 0 Å². The zero-order chi connectivity index (χ0) is 35.3. The summed E-state index contributed by atoms with van der Waals surface area (Å²) < 4.78 is 0. The molecule has 0 saturated carbocycles. The summed E-state index contributed by atoms with van der Waals surface area (Å²) >= 11 is 0. The van der Waals surface area contributed by atoms with Crippen molar-refractivity contribution in [3.8, 4) is 0 Å². The number of aliphatic imine (C=N–C) groups is 3. The van der Waals surface area contributed by atoms with Gasteiger partial charge in [-0.1, -0.05) is 108 Å². The second-order valence-electron chi connectivity index (χ2n) is 15.2. The van der Waals surface area contributed by atoms with Crippen LogP contribution in [0.25, 0.3) is 16.0 Å². The van der Waals surface area contributed by atoms with Gasteiger partial charge in [-0.25, -0.2) is 0 Å². The molecule has 0 aliphatic rings. The molecule has 0 aromatic heterocycles. The molecule has 0 aromatic carbocycles. The number of nitrogens with zero attached hydrogens (tertiary/aromatic N) is 9. The molecule has 12 heteroatoms. The van der Waals surface area contributed by atoms with Crippen molar-refractivity contribution in [1.29, 1.82) is 0 Å². The molecule has 294 valence electrons. The van der Waals surface area contributed by atoms with Gasteiger partial charge < -0.3 is 45.6 Å². The Morgan fingerprint density at radius 3 is 1.23 bits per heavy atom. The maximum Gasteiger partial charge on any atom is 1.00 e. The molecule has 0 saturated heterocycles. The van der Waals surface area contributed by atoms with Crippen LogP contribution in [0.3, 0.4) is 0 Å². The molecule has 0 spiro atoms. The molecule has 0 N–H and O–H groups in total. The molecule has 0 bridgehead atoms. The molecular formula is C35H76Cu3N9. The van der Waals surface area contributed by atoms with Crippen LogP contribution in [-0.2, 0) is 51.2 Å². The number of rotatable bonds is 12. The standard InChI is InChI=1S/2C12H26N3.C11H24N3.3Cu/c1-8-11(14-12(3,4)5)13-10(2)9-15(6)7;1-8-11(14-12(3,4)5)13-9-10(2)15(6)7;1-7-10(13-11(2,3)4)12-8-9-14(5)6;;;/h2*10H,8-9H2,1-7H3;7-9H2,1-6H3;;;/q3*-1;3*+1. The van der Waals surface area contributed by atoms with E-state index in [0.717, 1.165) is 62.9 Å². The zero-order valence-electron chi connectivity index (χ0n) is 34.0. The molecular weight excluding hydrogens is 737 g/mol. The van der Waals surface area contributed by atoms with Gasteiger partial charge in [0.15, 0.2) is 0 Å². The Bertz CT molecular complexity index is 809. The molecule has 9 nitrogen and oxygen atoms in total. The largest absolute Gasteiger partial charge is 1.00 e. The first-order valence-corrected chi connectivity index (χ1v) is 16.6. The van der Waals surface area contributed by atoms with Gasteiger partial charge in [-0.15, -0.1) is 0 Å². The topological polar surface area (TPSA) is 89.1 Å². The van der Waals surface area contributed by atoms with Crippen LogP contribution in [0.15, 0.2) is 15.0 Å². The van der Waals surface area contributed by atoms with Crippen LogP contribution in [0, 0.1) is 0 Å². The first-order chi connectivity index (χ1) is 19.8. The molecule has 0 amide bonds. The van der Waals surface area contributed by atoms with E-state index in [2.05, 4.69) is 185 Å². The van der Waals surface area contributed by atoms with Crippen molar-refractivity contribution in [1.82, 2.24) is 14.7 Å². The molecule has 0 heterocycles. The van der Waals surface area contributed by atoms with Crippen molar-refractivity contribution in [3.05, 3.63) is 16.0 Å². The van der Waals surface area contributed by atoms with E-state index in [1.807, 2.05) is 0 Å². The van der Waals surface area contributed by atoms with Gasteiger partial charge in [0.05, 0.1) is 0 Å².